The van der Waals surface area contributed by atoms with E-state index >= 15 is 0 Å². The van der Waals surface area contributed by atoms with Crippen molar-refractivity contribution in [2.24, 2.45) is 0 Å². The lowest BCUT2D eigenvalue weighted by Crippen LogP contribution is -2.13. The molecule has 0 unspecified atom stereocenters. The van der Waals surface area contributed by atoms with Crippen LogP contribution in [0, 0.1) is 43.4 Å². The van der Waals surface area contributed by atoms with Crippen LogP contribution < -0.4 is 5.32 Å². The van der Waals surface area contributed by atoms with E-state index in [1.807, 2.05) is 32.9 Å². The number of hydrogen-bond donors (Lipinski definition) is 1. The smallest absolute Gasteiger partial charge is 0.266 e. The summed E-state index contributed by atoms with van der Waals surface area (Å²) in [5, 5.41) is 22.7. The molecule has 1 aromatic carbocycles. The molecule has 32 heavy (non-hydrogen) atoms. The van der Waals surface area contributed by atoms with E-state index in [0.717, 1.165) is 53.9 Å². The van der Waals surface area contributed by atoms with Crippen LogP contribution >= 0.6 is 11.3 Å². The molecule has 4 rings (SSSR count). The molecule has 2 heterocycles. The second-order valence-corrected chi connectivity index (χ2v) is 9.25. The molecule has 5 nitrogen and oxygen atoms in total. The number of nitriles is 2. The van der Waals surface area contributed by atoms with Crippen molar-refractivity contribution in [3.63, 3.8) is 0 Å². The number of nitrogens with zero attached hydrogens (tertiary/aromatic N) is 3. The van der Waals surface area contributed by atoms with Crippen LogP contribution in [-0.2, 0) is 17.6 Å². The molecule has 0 spiro atoms. The van der Waals surface area contributed by atoms with Crippen LogP contribution in [0.4, 0.5) is 5.00 Å². The van der Waals surface area contributed by atoms with Gasteiger partial charge in [-0.1, -0.05) is 17.7 Å². The summed E-state index contributed by atoms with van der Waals surface area (Å²) >= 11 is 1.46. The highest BCUT2D eigenvalue weighted by molar-refractivity contribution is 7.16. The van der Waals surface area contributed by atoms with E-state index in [0.29, 0.717) is 10.6 Å². The van der Waals surface area contributed by atoms with E-state index in [2.05, 4.69) is 40.2 Å². The molecule has 0 saturated carbocycles. The lowest BCUT2D eigenvalue weighted by molar-refractivity contribution is -0.112. The van der Waals surface area contributed by atoms with Crippen LogP contribution in [0.3, 0.4) is 0 Å². The predicted octanol–water partition coefficient (Wildman–Crippen LogP) is 5.76. The molecule has 0 radical (unpaired) electrons. The van der Waals surface area contributed by atoms with Crippen LogP contribution in [-0.4, -0.2) is 10.5 Å². The lowest BCUT2D eigenvalue weighted by Gasteiger charge is -2.10. The average molecular weight is 441 g/mol. The van der Waals surface area contributed by atoms with Gasteiger partial charge in [0, 0.05) is 22.0 Å². The Morgan fingerprint density at radius 3 is 2.53 bits per heavy atom. The van der Waals surface area contributed by atoms with E-state index in [1.54, 1.807) is 6.08 Å². The van der Waals surface area contributed by atoms with E-state index in [4.69, 9.17) is 0 Å². The minimum Gasteiger partial charge on any atom is -0.318 e. The number of rotatable bonds is 4. The Hall–Kier alpha value is -3.61. The zero-order valence-corrected chi connectivity index (χ0v) is 19.3. The topological polar surface area (TPSA) is 81.6 Å². The lowest BCUT2D eigenvalue weighted by atomic mass is 9.96. The van der Waals surface area contributed by atoms with Gasteiger partial charge in [-0.25, -0.2) is 0 Å². The fraction of sp³-hybridized carbons (Fsp3) is 0.269. The van der Waals surface area contributed by atoms with Crippen LogP contribution in [0.2, 0.25) is 0 Å². The molecule has 0 bridgehead atoms. The van der Waals surface area contributed by atoms with E-state index in [1.165, 1.54) is 21.8 Å². The molecule has 0 aliphatic heterocycles. The van der Waals surface area contributed by atoms with Gasteiger partial charge in [0.15, 0.2) is 0 Å². The molecule has 0 atom stereocenters. The predicted molar refractivity (Wildman–Crippen MR) is 128 cm³/mol. The molecule has 1 amide bonds. The second kappa shape index (κ2) is 8.86. The van der Waals surface area contributed by atoms with Crippen LogP contribution in [0.25, 0.3) is 11.8 Å². The molecule has 1 N–H and O–H groups in total. The number of carbonyl (C=O) groups is 1. The van der Waals surface area contributed by atoms with Crippen molar-refractivity contribution in [1.82, 2.24) is 4.57 Å². The number of aromatic nitrogens is 1. The maximum atomic E-state index is 12.9. The van der Waals surface area contributed by atoms with E-state index in [9.17, 15) is 15.3 Å². The van der Waals surface area contributed by atoms with Crippen molar-refractivity contribution >= 4 is 28.3 Å². The summed E-state index contributed by atoms with van der Waals surface area (Å²) in [5.41, 5.74) is 6.65. The Morgan fingerprint density at radius 1 is 1.12 bits per heavy atom. The van der Waals surface area contributed by atoms with Crippen molar-refractivity contribution in [2.45, 2.75) is 46.5 Å². The second-order valence-electron chi connectivity index (χ2n) is 8.15. The first kappa shape index (κ1) is 21.6. The van der Waals surface area contributed by atoms with Crippen molar-refractivity contribution in [1.29, 1.82) is 10.5 Å². The van der Waals surface area contributed by atoms with Gasteiger partial charge in [-0.15, -0.1) is 11.3 Å². The van der Waals surface area contributed by atoms with Gasteiger partial charge in [-0.05, 0) is 81.9 Å². The van der Waals surface area contributed by atoms with E-state index < -0.39 is 5.91 Å². The Labute approximate surface area is 192 Å². The summed E-state index contributed by atoms with van der Waals surface area (Å²) in [6.45, 7) is 6.03. The maximum Gasteiger partial charge on any atom is 0.266 e. The largest absolute Gasteiger partial charge is 0.318 e. The van der Waals surface area contributed by atoms with Crippen LogP contribution in [0.5, 0.6) is 0 Å². The summed E-state index contributed by atoms with van der Waals surface area (Å²) in [7, 11) is 0. The summed E-state index contributed by atoms with van der Waals surface area (Å²) in [6.07, 6.45) is 5.60. The van der Waals surface area contributed by atoms with Gasteiger partial charge in [0.05, 0.1) is 5.56 Å². The molecule has 0 saturated heterocycles. The number of anilines is 1. The number of nitrogens with one attached hydrogen (secondary N) is 1. The molecule has 0 fully saturated rings. The Morgan fingerprint density at radius 2 is 1.84 bits per heavy atom. The average Bonchev–Trinajstić information content (AvgIpc) is 3.28. The number of benzene rings is 1. The zero-order valence-electron chi connectivity index (χ0n) is 18.5. The third kappa shape index (κ3) is 3.98. The van der Waals surface area contributed by atoms with Crippen molar-refractivity contribution in [2.75, 3.05) is 5.32 Å². The molecule has 1 aliphatic carbocycles. The summed E-state index contributed by atoms with van der Waals surface area (Å²) in [5.74, 6) is -0.484. The van der Waals surface area contributed by atoms with E-state index in [-0.39, 0.29) is 5.57 Å². The van der Waals surface area contributed by atoms with Crippen molar-refractivity contribution < 1.29 is 4.79 Å². The third-order valence-corrected chi connectivity index (χ3v) is 7.14. The highest BCUT2D eigenvalue weighted by Gasteiger charge is 2.23. The Balaban J connectivity index is 1.64. The first-order chi connectivity index (χ1) is 15.4. The van der Waals surface area contributed by atoms with Crippen LogP contribution in [0.15, 0.2) is 35.9 Å². The molecule has 2 aromatic heterocycles. The summed E-state index contributed by atoms with van der Waals surface area (Å²) < 4.78 is 2.11. The van der Waals surface area contributed by atoms with Gasteiger partial charge in [0.25, 0.3) is 5.91 Å². The zero-order chi connectivity index (χ0) is 22.8. The number of amides is 1. The number of fused-ring (bicyclic) bond motifs is 1. The normalized spacial score (nSPS) is 13.2. The Bertz CT molecular complexity index is 1310. The monoisotopic (exact) mass is 440 g/mol. The summed E-state index contributed by atoms with van der Waals surface area (Å²) in [4.78, 5) is 14.1. The molecular weight excluding hydrogens is 416 g/mol. The van der Waals surface area contributed by atoms with Gasteiger partial charge < -0.3 is 9.88 Å². The fourth-order valence-corrected chi connectivity index (χ4v) is 5.51. The number of aryl methyl sites for hydroxylation is 3. The summed E-state index contributed by atoms with van der Waals surface area (Å²) in [6, 6.07) is 14.5. The van der Waals surface area contributed by atoms with Gasteiger partial charge in [0.1, 0.15) is 22.7 Å². The molecule has 1 aliphatic rings. The Kier molecular flexibility index (Phi) is 5.99. The van der Waals surface area contributed by atoms with Gasteiger partial charge >= 0.3 is 0 Å². The van der Waals surface area contributed by atoms with Gasteiger partial charge in [-0.3, -0.25) is 4.79 Å². The number of hydrogen-bond acceptors (Lipinski definition) is 4. The van der Waals surface area contributed by atoms with Crippen LogP contribution in [0.1, 0.15) is 51.4 Å². The highest BCUT2D eigenvalue weighted by Crippen LogP contribution is 2.37. The van der Waals surface area contributed by atoms with Gasteiger partial charge in [0.2, 0.25) is 0 Å². The first-order valence-electron chi connectivity index (χ1n) is 10.7. The minimum atomic E-state index is -0.484. The van der Waals surface area contributed by atoms with Gasteiger partial charge in [-0.2, -0.15) is 10.5 Å². The molecule has 160 valence electrons. The van der Waals surface area contributed by atoms with Crippen molar-refractivity contribution in [3.05, 3.63) is 74.4 Å². The highest BCUT2D eigenvalue weighted by atomic mass is 32.1. The maximum absolute atomic E-state index is 12.9. The first-order valence-corrected chi connectivity index (χ1v) is 11.5. The molecule has 6 heteroatoms. The number of thiophene rings is 1. The standard InChI is InChI=1S/C26H24N4OS/c1-16-8-10-21(11-9-16)30-17(2)12-19(18(30)3)13-20(14-27)25(31)29-26-23(15-28)22-6-4-5-7-24(22)32-26/h8-13H,4-7H2,1-3H3,(H,29,31)/b20-13+. The SMILES string of the molecule is Cc1ccc(-n2c(C)cc(/C=C(\C#N)C(=O)Nc3sc4c(c3C#N)CCCC4)c2C)cc1. The molecular formula is C26H24N4OS. The third-order valence-electron chi connectivity index (χ3n) is 5.94. The quantitative estimate of drug-likeness (QED) is 0.414. The minimum absolute atomic E-state index is 0.0180. The molecule has 3 aromatic rings. The number of carbonyl (C=O) groups excluding carboxylic acids is 1. The van der Waals surface area contributed by atoms with Crippen molar-refractivity contribution in [3.8, 4) is 17.8 Å². The fourth-order valence-electron chi connectivity index (χ4n) is 4.27.